The molecule has 8 heteroatoms. The summed E-state index contributed by atoms with van der Waals surface area (Å²) in [5, 5.41) is 0.629. The first-order valence-electron chi connectivity index (χ1n) is 10.0. The maximum atomic E-state index is 13.5. The number of hydrogen-bond donors (Lipinski definition) is 0. The molecule has 168 valence electrons. The Labute approximate surface area is 203 Å². The summed E-state index contributed by atoms with van der Waals surface area (Å²) in [5.41, 5.74) is 2.04. The Morgan fingerprint density at radius 1 is 1.12 bits per heavy atom. The molecule has 0 radical (unpaired) electrons. The zero-order chi connectivity index (χ0) is 23.4. The molecule has 0 atom stereocenters. The van der Waals surface area contributed by atoms with Crippen LogP contribution in [0, 0.1) is 5.82 Å². The number of carbonyl (C=O) groups is 1. The molecule has 0 N–H and O–H groups in total. The Hall–Kier alpha value is -3.16. The molecular weight excluding hydrogens is 513 g/mol. The van der Waals surface area contributed by atoms with Gasteiger partial charge in [-0.1, -0.05) is 29.8 Å². The zero-order valence-corrected chi connectivity index (χ0v) is 19.8. The van der Waals surface area contributed by atoms with Crippen LogP contribution >= 0.6 is 27.5 Å². The zero-order valence-electron chi connectivity index (χ0n) is 17.5. The van der Waals surface area contributed by atoms with E-state index < -0.39 is 11.8 Å². The largest absolute Gasteiger partial charge is 0.490 e. The molecule has 0 saturated heterocycles. The van der Waals surface area contributed by atoms with Gasteiger partial charge in [0.05, 0.1) is 11.1 Å². The second-order valence-electron chi connectivity index (χ2n) is 7.03. The van der Waals surface area contributed by atoms with Crippen LogP contribution in [0.4, 0.5) is 4.39 Å². The number of hydrogen-bond acceptors (Lipinski definition) is 5. The first-order chi connectivity index (χ1) is 15.9. The normalized spacial score (nSPS) is 14.2. The second kappa shape index (κ2) is 10.2. The molecule has 3 aromatic carbocycles. The highest BCUT2D eigenvalue weighted by Crippen LogP contribution is 2.38. The van der Waals surface area contributed by atoms with E-state index in [4.69, 9.17) is 25.8 Å². The van der Waals surface area contributed by atoms with Crippen LogP contribution < -0.4 is 9.47 Å². The first-order valence-corrected chi connectivity index (χ1v) is 11.2. The first kappa shape index (κ1) is 23.0. The number of halogens is 3. The number of benzene rings is 3. The average Bonchev–Trinajstić information content (AvgIpc) is 3.14. The van der Waals surface area contributed by atoms with Crippen LogP contribution in [0.3, 0.4) is 0 Å². The molecule has 0 aromatic heterocycles. The van der Waals surface area contributed by atoms with Gasteiger partial charge in [-0.3, -0.25) is 0 Å². The maximum absolute atomic E-state index is 13.5. The molecule has 5 nitrogen and oxygen atoms in total. The standard InChI is InChI=1S/C25H18BrClFNO4/c1-2-31-22-12-16(10-20(26)23(22)32-14-15-5-3-7-18(27)9-15)11-21-25(30)33-24(29-21)17-6-4-8-19(28)13-17/h3-13H,2,14H2,1H3/b21-11-. The number of esters is 1. The summed E-state index contributed by atoms with van der Waals surface area (Å²) in [4.78, 5) is 16.5. The summed E-state index contributed by atoms with van der Waals surface area (Å²) < 4.78 is 31.1. The van der Waals surface area contributed by atoms with Crippen molar-refractivity contribution in [3.63, 3.8) is 0 Å². The molecule has 1 aliphatic heterocycles. The molecule has 4 rings (SSSR count). The Bertz CT molecular complexity index is 1280. The lowest BCUT2D eigenvalue weighted by Crippen LogP contribution is -2.05. The molecule has 0 spiro atoms. The van der Waals surface area contributed by atoms with E-state index in [0.29, 0.717) is 45.3 Å². The van der Waals surface area contributed by atoms with Gasteiger partial charge in [0.25, 0.3) is 0 Å². The molecular formula is C25H18BrClFNO4. The topological polar surface area (TPSA) is 57.1 Å². The monoisotopic (exact) mass is 529 g/mol. The number of carbonyl (C=O) groups excluding carboxylic acids is 1. The average molecular weight is 531 g/mol. The number of ether oxygens (including phenoxy) is 3. The van der Waals surface area contributed by atoms with Gasteiger partial charge in [-0.25, -0.2) is 14.2 Å². The minimum Gasteiger partial charge on any atom is -0.490 e. The molecule has 0 aliphatic carbocycles. The van der Waals surface area contributed by atoms with Crippen LogP contribution in [0.1, 0.15) is 23.6 Å². The lowest BCUT2D eigenvalue weighted by molar-refractivity contribution is -0.129. The summed E-state index contributed by atoms with van der Waals surface area (Å²) in [6.45, 7) is 2.58. The van der Waals surface area contributed by atoms with Gasteiger partial charge in [0.1, 0.15) is 12.4 Å². The van der Waals surface area contributed by atoms with Gasteiger partial charge < -0.3 is 14.2 Å². The van der Waals surface area contributed by atoms with Crippen molar-refractivity contribution in [1.82, 2.24) is 0 Å². The summed E-state index contributed by atoms with van der Waals surface area (Å²) >= 11 is 9.57. The predicted molar refractivity (Wildman–Crippen MR) is 128 cm³/mol. The second-order valence-corrected chi connectivity index (χ2v) is 8.32. The van der Waals surface area contributed by atoms with E-state index in [1.165, 1.54) is 18.2 Å². The van der Waals surface area contributed by atoms with E-state index in [-0.39, 0.29) is 11.6 Å². The van der Waals surface area contributed by atoms with Gasteiger partial charge in [-0.2, -0.15) is 0 Å². The fourth-order valence-electron chi connectivity index (χ4n) is 3.17. The van der Waals surface area contributed by atoms with E-state index in [0.717, 1.165) is 5.56 Å². The Kier molecular flexibility index (Phi) is 7.11. The molecule has 3 aromatic rings. The highest BCUT2D eigenvalue weighted by Gasteiger charge is 2.25. The van der Waals surface area contributed by atoms with E-state index in [1.807, 2.05) is 25.1 Å². The van der Waals surface area contributed by atoms with Gasteiger partial charge in [0.2, 0.25) is 5.90 Å². The quantitative estimate of drug-likeness (QED) is 0.256. The van der Waals surface area contributed by atoms with Gasteiger partial charge in [0, 0.05) is 10.6 Å². The molecule has 0 unspecified atom stereocenters. The molecule has 1 heterocycles. The number of aliphatic imine (C=N–C) groups is 1. The number of rotatable bonds is 7. The third kappa shape index (κ3) is 5.61. The van der Waals surface area contributed by atoms with E-state index in [1.54, 1.807) is 30.3 Å². The summed E-state index contributed by atoms with van der Waals surface area (Å²) in [6, 6.07) is 16.6. The number of nitrogens with zero attached hydrogens (tertiary/aromatic N) is 1. The fourth-order valence-corrected chi connectivity index (χ4v) is 3.96. The van der Waals surface area contributed by atoms with Crippen LogP contribution in [0.2, 0.25) is 5.02 Å². The summed E-state index contributed by atoms with van der Waals surface area (Å²) in [6.07, 6.45) is 1.57. The minimum atomic E-state index is -0.621. The van der Waals surface area contributed by atoms with Crippen molar-refractivity contribution in [2.75, 3.05) is 6.61 Å². The van der Waals surface area contributed by atoms with Crippen LogP contribution in [-0.4, -0.2) is 18.5 Å². The third-order valence-corrected chi connectivity index (χ3v) is 5.42. The SMILES string of the molecule is CCOc1cc(/C=C2\N=C(c3cccc(F)c3)OC2=O)cc(Br)c1OCc1cccc(Cl)c1. The molecule has 0 saturated carbocycles. The van der Waals surface area contributed by atoms with Gasteiger partial charge in [0.15, 0.2) is 17.2 Å². The molecule has 1 aliphatic rings. The van der Waals surface area contributed by atoms with Crippen molar-refractivity contribution < 1.29 is 23.4 Å². The molecule has 33 heavy (non-hydrogen) atoms. The van der Waals surface area contributed by atoms with Crippen molar-refractivity contribution in [3.05, 3.63) is 98.4 Å². The highest BCUT2D eigenvalue weighted by atomic mass is 79.9. The van der Waals surface area contributed by atoms with Crippen molar-refractivity contribution in [2.24, 2.45) is 4.99 Å². The molecule has 0 fully saturated rings. The highest BCUT2D eigenvalue weighted by molar-refractivity contribution is 9.10. The minimum absolute atomic E-state index is 0.0522. The van der Waals surface area contributed by atoms with Gasteiger partial charge in [-0.15, -0.1) is 0 Å². The van der Waals surface area contributed by atoms with Crippen molar-refractivity contribution in [3.8, 4) is 11.5 Å². The smallest absolute Gasteiger partial charge is 0.363 e. The Morgan fingerprint density at radius 2 is 1.94 bits per heavy atom. The lowest BCUT2D eigenvalue weighted by atomic mass is 10.1. The van der Waals surface area contributed by atoms with Crippen molar-refractivity contribution in [1.29, 1.82) is 0 Å². The van der Waals surface area contributed by atoms with Crippen molar-refractivity contribution in [2.45, 2.75) is 13.5 Å². The van der Waals surface area contributed by atoms with Crippen molar-refractivity contribution >= 4 is 45.5 Å². The van der Waals surface area contributed by atoms with Crippen LogP contribution in [0.15, 0.2) is 75.8 Å². The summed E-state index contributed by atoms with van der Waals surface area (Å²) in [7, 11) is 0. The Balaban J connectivity index is 1.61. The van der Waals surface area contributed by atoms with Crippen LogP contribution in [0.25, 0.3) is 6.08 Å². The molecule has 0 amide bonds. The summed E-state index contributed by atoms with van der Waals surface area (Å²) in [5.74, 6) is 0.0154. The lowest BCUT2D eigenvalue weighted by Gasteiger charge is -2.15. The maximum Gasteiger partial charge on any atom is 0.363 e. The predicted octanol–water partition coefficient (Wildman–Crippen LogP) is 6.56. The number of cyclic esters (lactones) is 1. The third-order valence-electron chi connectivity index (χ3n) is 4.60. The fraction of sp³-hybridized carbons (Fsp3) is 0.120. The van der Waals surface area contributed by atoms with E-state index >= 15 is 0 Å². The van der Waals surface area contributed by atoms with Crippen LogP contribution in [0.5, 0.6) is 11.5 Å². The van der Waals surface area contributed by atoms with Gasteiger partial charge >= 0.3 is 5.97 Å². The van der Waals surface area contributed by atoms with E-state index in [2.05, 4.69) is 20.9 Å². The molecule has 0 bridgehead atoms. The van der Waals surface area contributed by atoms with Crippen LogP contribution in [-0.2, 0) is 16.1 Å². The van der Waals surface area contributed by atoms with E-state index in [9.17, 15) is 9.18 Å². The Morgan fingerprint density at radius 3 is 2.70 bits per heavy atom. The van der Waals surface area contributed by atoms with Gasteiger partial charge in [-0.05, 0) is 82.5 Å².